The average Bonchev–Trinajstić information content (AvgIpc) is 2.70. The molecule has 2 aliphatic rings. The Labute approximate surface area is 166 Å². The molecular formula is C21H32N2O5. The van der Waals surface area contributed by atoms with Gasteiger partial charge < -0.3 is 19.8 Å². The smallest absolute Gasteiger partial charge is 0.414 e. The van der Waals surface area contributed by atoms with Gasteiger partial charge in [-0.15, -0.1) is 0 Å². The molecule has 2 fully saturated rings. The van der Waals surface area contributed by atoms with E-state index in [0.29, 0.717) is 0 Å². The lowest BCUT2D eigenvalue weighted by molar-refractivity contribution is -0.159. The zero-order valence-corrected chi connectivity index (χ0v) is 16.8. The number of benzene rings is 1. The normalized spacial score (nSPS) is 19.5. The monoisotopic (exact) mass is 392 g/mol. The van der Waals surface area contributed by atoms with Crippen LogP contribution in [0.1, 0.15) is 38.2 Å². The highest BCUT2D eigenvalue weighted by molar-refractivity contribution is 6.27. The van der Waals surface area contributed by atoms with Gasteiger partial charge in [0.25, 0.3) is 0 Å². The first kappa shape index (κ1) is 22.2. The van der Waals surface area contributed by atoms with Crippen molar-refractivity contribution in [1.29, 1.82) is 0 Å². The molecule has 0 aromatic heterocycles. The molecule has 0 spiro atoms. The fraction of sp³-hybridized carbons (Fsp3) is 0.619. The van der Waals surface area contributed by atoms with Crippen molar-refractivity contribution >= 4 is 11.9 Å². The molecule has 28 heavy (non-hydrogen) atoms. The van der Waals surface area contributed by atoms with E-state index >= 15 is 0 Å². The fourth-order valence-corrected chi connectivity index (χ4v) is 3.91. The number of hydrogen-bond acceptors (Lipinski definition) is 5. The van der Waals surface area contributed by atoms with Crippen LogP contribution in [0.2, 0.25) is 0 Å². The van der Waals surface area contributed by atoms with E-state index in [4.69, 9.17) is 24.5 Å². The number of nitrogens with zero attached hydrogens (tertiary/aromatic N) is 2. The maximum atomic E-state index is 9.10. The Kier molecular flexibility index (Phi) is 8.73. The van der Waals surface area contributed by atoms with Crippen molar-refractivity contribution in [1.82, 2.24) is 9.80 Å². The third-order valence-corrected chi connectivity index (χ3v) is 5.66. The molecule has 0 radical (unpaired) electrons. The first-order valence-electron chi connectivity index (χ1n) is 9.95. The minimum Gasteiger partial charge on any atom is -0.496 e. The quantitative estimate of drug-likeness (QED) is 0.761. The van der Waals surface area contributed by atoms with E-state index in [1.807, 2.05) is 6.07 Å². The molecule has 7 nitrogen and oxygen atoms in total. The van der Waals surface area contributed by atoms with Gasteiger partial charge in [-0.3, -0.25) is 4.90 Å². The Hall–Kier alpha value is -2.12. The van der Waals surface area contributed by atoms with Crippen LogP contribution < -0.4 is 4.74 Å². The van der Waals surface area contributed by atoms with Gasteiger partial charge in [-0.05, 0) is 63.8 Å². The second-order valence-corrected chi connectivity index (χ2v) is 7.65. The maximum absolute atomic E-state index is 9.10. The predicted molar refractivity (Wildman–Crippen MR) is 107 cm³/mol. The Morgan fingerprint density at radius 2 is 1.57 bits per heavy atom. The number of hydrogen-bond donors (Lipinski definition) is 2. The standard InChI is InChI=1S/C19H30N2O.C2H2O4/c1-16-7-13-21(14-8-16)18-9-11-20(12-10-18)15-17-5-3-4-6-19(17)22-2;3-1(4)2(5)6/h3-6,16,18H,7-15H2,1-2H3;(H,3,4)(H,5,6). The van der Waals surface area contributed by atoms with Crippen molar-refractivity contribution in [3.63, 3.8) is 0 Å². The average molecular weight is 392 g/mol. The van der Waals surface area contributed by atoms with Gasteiger partial charge in [0, 0.05) is 18.2 Å². The Balaban J connectivity index is 0.000000409. The second kappa shape index (κ2) is 11.0. The summed E-state index contributed by atoms with van der Waals surface area (Å²) >= 11 is 0. The number of carboxylic acids is 2. The van der Waals surface area contributed by atoms with Crippen LogP contribution in [0.25, 0.3) is 0 Å². The van der Waals surface area contributed by atoms with Crippen molar-refractivity contribution < 1.29 is 24.5 Å². The van der Waals surface area contributed by atoms with Gasteiger partial charge >= 0.3 is 11.9 Å². The summed E-state index contributed by atoms with van der Waals surface area (Å²) < 4.78 is 5.48. The molecule has 3 rings (SSSR count). The molecular weight excluding hydrogens is 360 g/mol. The van der Waals surface area contributed by atoms with Gasteiger partial charge in [-0.25, -0.2) is 9.59 Å². The van der Waals surface area contributed by atoms with Crippen LogP contribution in [-0.4, -0.2) is 71.3 Å². The van der Waals surface area contributed by atoms with Crippen molar-refractivity contribution in [3.8, 4) is 5.75 Å². The summed E-state index contributed by atoms with van der Waals surface area (Å²) in [5.41, 5.74) is 1.32. The number of piperidine rings is 2. The molecule has 0 aliphatic carbocycles. The molecule has 1 aromatic carbocycles. The Bertz CT molecular complexity index is 623. The summed E-state index contributed by atoms with van der Waals surface area (Å²) in [7, 11) is 1.77. The highest BCUT2D eigenvalue weighted by atomic mass is 16.5. The van der Waals surface area contributed by atoms with Crippen LogP contribution in [0.15, 0.2) is 24.3 Å². The van der Waals surface area contributed by atoms with Crippen LogP contribution in [0, 0.1) is 5.92 Å². The molecule has 2 saturated heterocycles. The van der Waals surface area contributed by atoms with E-state index < -0.39 is 11.9 Å². The third kappa shape index (κ3) is 6.80. The molecule has 0 bridgehead atoms. The van der Waals surface area contributed by atoms with E-state index in [-0.39, 0.29) is 0 Å². The van der Waals surface area contributed by atoms with Gasteiger partial charge in [0.2, 0.25) is 0 Å². The summed E-state index contributed by atoms with van der Waals surface area (Å²) in [4.78, 5) is 23.5. The SMILES string of the molecule is COc1ccccc1CN1CCC(N2CCC(C)CC2)CC1.O=C(O)C(=O)O. The van der Waals surface area contributed by atoms with Crippen LogP contribution in [-0.2, 0) is 16.1 Å². The van der Waals surface area contributed by atoms with E-state index in [9.17, 15) is 0 Å². The minimum atomic E-state index is -1.82. The molecule has 0 unspecified atom stereocenters. The highest BCUT2D eigenvalue weighted by Crippen LogP contribution is 2.25. The molecule has 2 aliphatic heterocycles. The number of ether oxygens (including phenoxy) is 1. The number of carbonyl (C=O) groups is 2. The van der Waals surface area contributed by atoms with E-state index in [1.165, 1.54) is 57.4 Å². The third-order valence-electron chi connectivity index (χ3n) is 5.66. The number of aliphatic carboxylic acids is 2. The van der Waals surface area contributed by atoms with E-state index in [1.54, 1.807) is 7.11 Å². The molecule has 156 valence electrons. The Morgan fingerprint density at radius 1 is 1.00 bits per heavy atom. The molecule has 0 saturated carbocycles. The first-order chi connectivity index (χ1) is 13.4. The van der Waals surface area contributed by atoms with Crippen LogP contribution in [0.4, 0.5) is 0 Å². The number of carboxylic acid groups (broad SMARTS) is 2. The van der Waals surface area contributed by atoms with Crippen LogP contribution >= 0.6 is 0 Å². The molecule has 2 N–H and O–H groups in total. The zero-order valence-electron chi connectivity index (χ0n) is 16.8. The van der Waals surface area contributed by atoms with Crippen LogP contribution in [0.5, 0.6) is 5.75 Å². The zero-order chi connectivity index (χ0) is 20.5. The van der Waals surface area contributed by atoms with Gasteiger partial charge in [0.1, 0.15) is 5.75 Å². The Morgan fingerprint density at radius 3 is 2.11 bits per heavy atom. The predicted octanol–water partition coefficient (Wildman–Crippen LogP) is 2.55. The highest BCUT2D eigenvalue weighted by Gasteiger charge is 2.27. The van der Waals surface area contributed by atoms with Gasteiger partial charge in [-0.2, -0.15) is 0 Å². The van der Waals surface area contributed by atoms with Gasteiger partial charge in [-0.1, -0.05) is 25.1 Å². The summed E-state index contributed by atoms with van der Waals surface area (Å²) in [5.74, 6) is -1.69. The lowest BCUT2D eigenvalue weighted by atomic mass is 9.95. The number of rotatable bonds is 4. The summed E-state index contributed by atoms with van der Waals surface area (Å²) in [5, 5.41) is 14.8. The number of methoxy groups -OCH3 is 1. The van der Waals surface area contributed by atoms with E-state index in [2.05, 4.69) is 34.9 Å². The van der Waals surface area contributed by atoms with Gasteiger partial charge in [0.05, 0.1) is 7.11 Å². The number of likely N-dealkylation sites (tertiary alicyclic amines) is 2. The van der Waals surface area contributed by atoms with E-state index in [0.717, 1.165) is 24.3 Å². The lowest BCUT2D eigenvalue weighted by Crippen LogP contribution is -2.47. The second-order valence-electron chi connectivity index (χ2n) is 7.65. The van der Waals surface area contributed by atoms with Crippen molar-refractivity contribution in [3.05, 3.63) is 29.8 Å². The van der Waals surface area contributed by atoms with Gasteiger partial charge in [0.15, 0.2) is 0 Å². The fourth-order valence-electron chi connectivity index (χ4n) is 3.91. The summed E-state index contributed by atoms with van der Waals surface area (Å²) in [6, 6.07) is 9.24. The minimum absolute atomic E-state index is 0.821. The number of para-hydroxylation sites is 1. The topological polar surface area (TPSA) is 90.3 Å². The van der Waals surface area contributed by atoms with Crippen molar-refractivity contribution in [2.45, 2.75) is 45.2 Å². The first-order valence-corrected chi connectivity index (χ1v) is 9.95. The maximum Gasteiger partial charge on any atom is 0.414 e. The molecule has 0 amide bonds. The molecule has 7 heteroatoms. The van der Waals surface area contributed by atoms with Crippen LogP contribution in [0.3, 0.4) is 0 Å². The molecule has 1 aromatic rings. The lowest BCUT2D eigenvalue weighted by Gasteiger charge is -2.41. The van der Waals surface area contributed by atoms with Crippen molar-refractivity contribution in [2.24, 2.45) is 5.92 Å². The summed E-state index contributed by atoms with van der Waals surface area (Å²) in [6.45, 7) is 8.49. The molecule has 0 atom stereocenters. The van der Waals surface area contributed by atoms with Crippen molar-refractivity contribution in [2.75, 3.05) is 33.3 Å². The largest absolute Gasteiger partial charge is 0.496 e. The summed E-state index contributed by atoms with van der Waals surface area (Å²) in [6.07, 6.45) is 5.43. The molecule has 2 heterocycles.